The second-order valence-corrected chi connectivity index (χ2v) is 6.10. The van der Waals surface area contributed by atoms with Gasteiger partial charge in [0.1, 0.15) is 10.7 Å². The second-order valence-electron chi connectivity index (χ2n) is 4.69. The van der Waals surface area contributed by atoms with Crippen LogP contribution in [0.4, 0.5) is 0 Å². The van der Waals surface area contributed by atoms with Crippen LogP contribution in [-0.4, -0.2) is 9.97 Å². The molecule has 0 atom stereocenters. The first kappa shape index (κ1) is 13.8. The number of fused-ring (bicyclic) bond motifs is 1. The van der Waals surface area contributed by atoms with Gasteiger partial charge in [-0.15, -0.1) is 11.3 Å². The van der Waals surface area contributed by atoms with Crippen molar-refractivity contribution in [2.24, 2.45) is 0 Å². The number of nitrogens with zero attached hydrogens (tertiary/aromatic N) is 2. The largest absolute Gasteiger partial charge is 0.310 e. The third-order valence-corrected chi connectivity index (χ3v) is 4.81. The summed E-state index contributed by atoms with van der Waals surface area (Å²) in [5.41, 5.74) is 1.98. The van der Waals surface area contributed by atoms with Gasteiger partial charge in [0, 0.05) is 15.5 Å². The standard InChI is InChI=1S/C15H10ClN3OS/c1-7-12-14(20)18-8(2)19-15(12)21-13(7)10-5-9(6-17)3-4-11(10)16/h3-5H,1-2H3,(H,18,19,20). The lowest BCUT2D eigenvalue weighted by Gasteiger charge is -2.03. The molecule has 0 saturated carbocycles. The Morgan fingerprint density at radius 1 is 1.38 bits per heavy atom. The average molecular weight is 316 g/mol. The van der Waals surface area contributed by atoms with Crippen LogP contribution in [0.2, 0.25) is 5.02 Å². The van der Waals surface area contributed by atoms with Gasteiger partial charge in [-0.3, -0.25) is 4.79 Å². The van der Waals surface area contributed by atoms with E-state index in [1.807, 2.05) is 6.92 Å². The number of thiophene rings is 1. The van der Waals surface area contributed by atoms with Gasteiger partial charge in [-0.25, -0.2) is 4.98 Å². The Morgan fingerprint density at radius 2 is 2.14 bits per heavy atom. The molecule has 0 aliphatic heterocycles. The summed E-state index contributed by atoms with van der Waals surface area (Å²) >= 11 is 7.66. The number of aromatic amines is 1. The summed E-state index contributed by atoms with van der Waals surface area (Å²) in [6.45, 7) is 3.62. The summed E-state index contributed by atoms with van der Waals surface area (Å²) in [4.78, 5) is 20.7. The number of aromatic nitrogens is 2. The maximum Gasteiger partial charge on any atom is 0.259 e. The van der Waals surface area contributed by atoms with Crippen LogP contribution >= 0.6 is 22.9 Å². The van der Waals surface area contributed by atoms with Gasteiger partial charge in [0.25, 0.3) is 5.56 Å². The minimum Gasteiger partial charge on any atom is -0.310 e. The van der Waals surface area contributed by atoms with Crippen LogP contribution in [0.25, 0.3) is 20.7 Å². The van der Waals surface area contributed by atoms with Crippen molar-refractivity contribution in [1.82, 2.24) is 9.97 Å². The van der Waals surface area contributed by atoms with Crippen molar-refractivity contribution in [3.63, 3.8) is 0 Å². The monoisotopic (exact) mass is 315 g/mol. The smallest absolute Gasteiger partial charge is 0.259 e. The topological polar surface area (TPSA) is 69.5 Å². The minimum absolute atomic E-state index is 0.148. The third kappa shape index (κ3) is 2.23. The lowest BCUT2D eigenvalue weighted by atomic mass is 10.1. The fourth-order valence-electron chi connectivity index (χ4n) is 2.28. The summed E-state index contributed by atoms with van der Waals surface area (Å²) in [7, 11) is 0. The van der Waals surface area contributed by atoms with Crippen molar-refractivity contribution >= 4 is 33.2 Å². The normalized spacial score (nSPS) is 10.8. The van der Waals surface area contributed by atoms with Crippen molar-refractivity contribution in [2.75, 3.05) is 0 Å². The van der Waals surface area contributed by atoms with Gasteiger partial charge in [-0.05, 0) is 37.6 Å². The Bertz CT molecular complexity index is 965. The predicted octanol–water partition coefficient (Wildman–Crippen LogP) is 3.79. The van der Waals surface area contributed by atoms with E-state index < -0.39 is 0 Å². The molecule has 0 bridgehead atoms. The van der Waals surface area contributed by atoms with Gasteiger partial charge in [0.2, 0.25) is 0 Å². The molecule has 21 heavy (non-hydrogen) atoms. The molecule has 0 aliphatic carbocycles. The average Bonchev–Trinajstić information content (AvgIpc) is 2.76. The highest BCUT2D eigenvalue weighted by Crippen LogP contribution is 2.39. The molecule has 2 heterocycles. The van der Waals surface area contributed by atoms with Crippen LogP contribution in [0.1, 0.15) is 17.0 Å². The zero-order valence-corrected chi connectivity index (χ0v) is 12.9. The molecule has 104 valence electrons. The third-order valence-electron chi connectivity index (χ3n) is 3.26. The van der Waals surface area contributed by atoms with Crippen molar-refractivity contribution in [1.29, 1.82) is 5.26 Å². The van der Waals surface area contributed by atoms with Crippen LogP contribution in [0, 0.1) is 25.2 Å². The van der Waals surface area contributed by atoms with E-state index in [1.54, 1.807) is 25.1 Å². The number of aryl methyl sites for hydroxylation is 2. The molecule has 1 aromatic carbocycles. The first-order valence-corrected chi connectivity index (χ1v) is 7.40. The summed E-state index contributed by atoms with van der Waals surface area (Å²) in [5, 5.41) is 10.2. The highest BCUT2D eigenvalue weighted by Gasteiger charge is 2.17. The van der Waals surface area contributed by atoms with Gasteiger partial charge in [0.05, 0.1) is 17.0 Å². The molecular weight excluding hydrogens is 306 g/mol. The van der Waals surface area contributed by atoms with Gasteiger partial charge >= 0.3 is 0 Å². The van der Waals surface area contributed by atoms with E-state index in [0.29, 0.717) is 26.6 Å². The zero-order chi connectivity index (χ0) is 15.1. The molecule has 3 aromatic rings. The molecule has 6 heteroatoms. The maximum atomic E-state index is 12.1. The summed E-state index contributed by atoms with van der Waals surface area (Å²) in [6, 6.07) is 7.20. The van der Waals surface area contributed by atoms with E-state index in [1.165, 1.54) is 11.3 Å². The Hall–Kier alpha value is -2.16. The van der Waals surface area contributed by atoms with Gasteiger partial charge < -0.3 is 4.98 Å². The number of benzene rings is 1. The Labute approximate surface area is 129 Å². The Morgan fingerprint density at radius 3 is 2.86 bits per heavy atom. The fraction of sp³-hybridized carbons (Fsp3) is 0.133. The SMILES string of the molecule is Cc1nc2sc(-c3cc(C#N)ccc3Cl)c(C)c2c(=O)[nH]1. The minimum atomic E-state index is -0.148. The lowest BCUT2D eigenvalue weighted by Crippen LogP contribution is -2.08. The van der Waals surface area contributed by atoms with E-state index >= 15 is 0 Å². The first-order chi connectivity index (χ1) is 10.0. The number of hydrogen-bond acceptors (Lipinski definition) is 4. The van der Waals surface area contributed by atoms with E-state index in [2.05, 4.69) is 16.0 Å². The molecule has 0 saturated heterocycles. The number of H-pyrrole nitrogens is 1. The molecule has 3 rings (SSSR count). The number of rotatable bonds is 1. The van der Waals surface area contributed by atoms with E-state index in [0.717, 1.165) is 16.0 Å². The van der Waals surface area contributed by atoms with E-state index in [9.17, 15) is 4.79 Å². The molecular formula is C15H10ClN3OS. The lowest BCUT2D eigenvalue weighted by molar-refractivity contribution is 1.06. The van der Waals surface area contributed by atoms with Crippen molar-refractivity contribution in [3.05, 3.63) is 50.5 Å². The predicted molar refractivity (Wildman–Crippen MR) is 84.9 cm³/mol. The number of halogens is 1. The number of hydrogen-bond donors (Lipinski definition) is 1. The molecule has 1 N–H and O–H groups in total. The van der Waals surface area contributed by atoms with Crippen molar-refractivity contribution < 1.29 is 0 Å². The Balaban J connectivity index is 2.37. The molecule has 0 unspecified atom stereocenters. The van der Waals surface area contributed by atoms with Crippen LogP contribution in [0.3, 0.4) is 0 Å². The zero-order valence-electron chi connectivity index (χ0n) is 11.3. The summed E-state index contributed by atoms with van der Waals surface area (Å²) < 4.78 is 0. The molecule has 0 fully saturated rings. The molecule has 2 aromatic heterocycles. The molecule has 4 nitrogen and oxygen atoms in total. The quantitative estimate of drug-likeness (QED) is 0.742. The highest BCUT2D eigenvalue weighted by atomic mass is 35.5. The van der Waals surface area contributed by atoms with E-state index in [-0.39, 0.29) is 5.56 Å². The highest BCUT2D eigenvalue weighted by molar-refractivity contribution is 7.22. The number of nitriles is 1. The first-order valence-electron chi connectivity index (χ1n) is 6.21. The van der Waals surface area contributed by atoms with Gasteiger partial charge in [0.15, 0.2) is 0 Å². The fourth-order valence-corrected chi connectivity index (χ4v) is 3.80. The summed E-state index contributed by atoms with van der Waals surface area (Å²) in [6.07, 6.45) is 0. The van der Waals surface area contributed by atoms with Crippen molar-refractivity contribution in [3.8, 4) is 16.5 Å². The second kappa shape index (κ2) is 4.99. The maximum absolute atomic E-state index is 12.1. The molecule has 0 aliphatic rings. The van der Waals surface area contributed by atoms with E-state index in [4.69, 9.17) is 16.9 Å². The van der Waals surface area contributed by atoms with Gasteiger partial charge in [-0.1, -0.05) is 11.6 Å². The van der Waals surface area contributed by atoms with Crippen LogP contribution in [-0.2, 0) is 0 Å². The Kier molecular flexibility index (Phi) is 3.28. The van der Waals surface area contributed by atoms with Gasteiger partial charge in [-0.2, -0.15) is 5.26 Å². The number of nitrogens with one attached hydrogen (secondary N) is 1. The van der Waals surface area contributed by atoms with Crippen LogP contribution < -0.4 is 5.56 Å². The van der Waals surface area contributed by atoms with Crippen molar-refractivity contribution in [2.45, 2.75) is 13.8 Å². The molecule has 0 radical (unpaired) electrons. The molecule has 0 spiro atoms. The molecule has 0 amide bonds. The summed E-state index contributed by atoms with van der Waals surface area (Å²) in [5.74, 6) is 0.581. The van der Waals surface area contributed by atoms with Crippen LogP contribution in [0.5, 0.6) is 0 Å². The van der Waals surface area contributed by atoms with Crippen LogP contribution in [0.15, 0.2) is 23.0 Å².